The molecule has 0 saturated carbocycles. The van der Waals surface area contributed by atoms with E-state index in [4.69, 9.17) is 23.2 Å². The van der Waals surface area contributed by atoms with Gasteiger partial charge in [0.05, 0.1) is 54.1 Å². The molecule has 0 spiro atoms. The van der Waals surface area contributed by atoms with Crippen molar-refractivity contribution >= 4 is 129 Å². The summed E-state index contributed by atoms with van der Waals surface area (Å²) in [6, 6.07) is 14.3. The number of hydrogen-bond donors (Lipinski definition) is 4. The van der Waals surface area contributed by atoms with E-state index in [1.54, 1.807) is 60.4 Å². The first-order valence-electron chi connectivity index (χ1n) is 19.7. The number of nitrogens with one attached hydrogen (secondary N) is 4. The Balaban J connectivity index is 0.000000229. The zero-order chi connectivity index (χ0) is 47.5. The lowest BCUT2D eigenvalue weighted by Gasteiger charge is -2.27. The van der Waals surface area contributed by atoms with Crippen LogP contribution in [0.3, 0.4) is 0 Å². The first kappa shape index (κ1) is 49.0. The Labute approximate surface area is 405 Å². The Kier molecular flexibility index (Phi) is 16.4. The van der Waals surface area contributed by atoms with E-state index in [2.05, 4.69) is 88.0 Å². The maximum Gasteiger partial charge on any atom is 0.390 e. The van der Waals surface area contributed by atoms with E-state index in [0.717, 1.165) is 25.7 Å². The predicted molar refractivity (Wildman–Crippen MR) is 264 cm³/mol. The largest absolute Gasteiger partial charge is 0.390 e. The maximum absolute atomic E-state index is 12.6. The third kappa shape index (κ3) is 13.5. The molecule has 5 aromatic heterocycles. The Morgan fingerprint density at radius 3 is 1.74 bits per heavy atom. The number of anilines is 6. The van der Waals surface area contributed by atoms with Gasteiger partial charge in [0.15, 0.2) is 5.69 Å². The van der Waals surface area contributed by atoms with Gasteiger partial charge in [-0.25, -0.2) is 29.9 Å². The fraction of sp³-hybridized carbons (Fsp3) is 0.186. The molecular weight excluding hydrogens is 1020 g/mol. The van der Waals surface area contributed by atoms with Crippen LogP contribution in [0.2, 0.25) is 10.0 Å². The van der Waals surface area contributed by atoms with Crippen LogP contribution < -0.4 is 21.3 Å². The molecule has 0 unspecified atom stereocenters. The molecule has 2 aromatic carbocycles. The van der Waals surface area contributed by atoms with E-state index >= 15 is 0 Å². The second-order valence-corrected chi connectivity index (χ2v) is 17.9. The third-order valence-corrected chi connectivity index (χ3v) is 11.7. The topological polar surface area (TPSA) is 224 Å². The van der Waals surface area contributed by atoms with Crippen molar-refractivity contribution in [1.82, 2.24) is 44.4 Å². The minimum absolute atomic E-state index is 0.163. The van der Waals surface area contributed by atoms with E-state index < -0.39 is 4.92 Å². The van der Waals surface area contributed by atoms with Crippen LogP contribution in [0, 0.1) is 10.1 Å². The summed E-state index contributed by atoms with van der Waals surface area (Å²) in [6.45, 7) is 1.50. The first-order valence-corrected chi connectivity index (χ1v) is 22.0. The number of nitro groups is 1. The molecule has 66 heavy (non-hydrogen) atoms. The van der Waals surface area contributed by atoms with Crippen molar-refractivity contribution in [3.8, 4) is 0 Å². The Morgan fingerprint density at radius 2 is 1.27 bits per heavy atom. The van der Waals surface area contributed by atoms with Crippen LogP contribution in [0.1, 0.15) is 5.69 Å². The van der Waals surface area contributed by atoms with Gasteiger partial charge in [-0.05, 0) is 110 Å². The van der Waals surface area contributed by atoms with Crippen LogP contribution in [-0.4, -0.2) is 107 Å². The number of halogens is 4. The predicted octanol–water partition coefficient (Wildman–Crippen LogP) is 8.84. The molecule has 19 nitrogen and oxygen atoms in total. The van der Waals surface area contributed by atoms with Gasteiger partial charge in [0, 0.05) is 56.8 Å². The quantitative estimate of drug-likeness (QED) is 0.0326. The zero-order valence-electron chi connectivity index (χ0n) is 36.0. The van der Waals surface area contributed by atoms with Gasteiger partial charge < -0.3 is 45.3 Å². The van der Waals surface area contributed by atoms with E-state index in [9.17, 15) is 19.7 Å². The van der Waals surface area contributed by atoms with Crippen LogP contribution in [-0.2, 0) is 23.2 Å². The Morgan fingerprint density at radius 1 is 0.773 bits per heavy atom. The number of amides is 2. The minimum atomic E-state index is -0.491. The number of hydrogen-bond acceptors (Lipinski definition) is 14. The highest BCUT2D eigenvalue weighted by Crippen LogP contribution is 2.31. The zero-order valence-corrected chi connectivity index (χ0v) is 40.7. The van der Waals surface area contributed by atoms with Crippen molar-refractivity contribution in [2.45, 2.75) is 6.54 Å². The standard InChI is InChI=1S/C24H23BrClN9O3.C19H18BrClN6O/c1-33-14-30-24(34(37)38)20(33)12-35(2,3)8-4-5-22(36)32-21-10-16-19(11-27-21)28-13-29-23(16)31-15-6-7-18(26)17(25)9-15;1-27(2)7-3-4-18(28)26-17-9-13-16(10-22-17)23-11-24-19(13)25-12-5-6-15(21)14(20)8-12/h4-7,9-11,13-14H,8,12H2,1-3H3,(H-,27,28,29,31,32,36);3-6,8-11H,7H2,1-2H3,(H,22,26,28)(H,23,24,25)/p+1/b5-4+;4-3+. The van der Waals surface area contributed by atoms with Crippen LogP contribution in [0.15, 0.2) is 113 Å². The van der Waals surface area contributed by atoms with Crippen molar-refractivity contribution in [2.75, 3.05) is 62.5 Å². The summed E-state index contributed by atoms with van der Waals surface area (Å²) < 4.78 is 3.53. The number of fused-ring (bicyclic) bond motifs is 2. The number of quaternary nitrogens is 1. The number of pyridine rings is 2. The molecule has 0 bridgehead atoms. The molecule has 0 fully saturated rings. The van der Waals surface area contributed by atoms with Gasteiger partial charge in [-0.1, -0.05) is 29.3 Å². The van der Waals surface area contributed by atoms with Crippen molar-refractivity contribution in [3.05, 3.63) is 139 Å². The number of rotatable bonds is 15. The molecule has 0 atom stereocenters. The second kappa shape index (κ2) is 22.1. The van der Waals surface area contributed by atoms with Crippen LogP contribution in [0.5, 0.6) is 0 Å². The lowest BCUT2D eigenvalue weighted by molar-refractivity contribution is -0.898. The number of carbonyl (C=O) groups is 2. The SMILES string of the molecule is CN(C)C/C=C/C(=O)Nc1cc2c(Nc3ccc(Cl)c(Br)c3)ncnc2cn1.Cn1cnc([N+](=O)[O-])c1C[N+](C)(C)C/C=C/C(=O)Nc1cc2c(Nc3ccc(Cl)c(Br)c3)ncnc2cn1. The van der Waals surface area contributed by atoms with Gasteiger partial charge in [0.2, 0.25) is 18.1 Å². The molecule has 23 heteroatoms. The third-order valence-electron chi connectivity index (χ3n) is 9.31. The average molecular weight is 1060 g/mol. The number of imidazole rings is 1. The van der Waals surface area contributed by atoms with E-state index in [1.165, 1.54) is 31.1 Å². The first-order chi connectivity index (χ1) is 31.4. The van der Waals surface area contributed by atoms with Gasteiger partial charge in [0.25, 0.3) is 0 Å². The van der Waals surface area contributed by atoms with E-state index in [0.29, 0.717) is 79.5 Å². The highest BCUT2D eigenvalue weighted by Gasteiger charge is 2.27. The fourth-order valence-electron chi connectivity index (χ4n) is 6.07. The highest BCUT2D eigenvalue weighted by molar-refractivity contribution is 9.10. The number of benzene rings is 2. The molecule has 7 aromatic rings. The number of aryl methyl sites for hydroxylation is 1. The molecular formula is C43H42Br2Cl2N15O4+. The van der Waals surface area contributed by atoms with E-state index in [-0.39, 0.29) is 17.6 Å². The summed E-state index contributed by atoms with van der Waals surface area (Å²) in [5.74, 6) is 1.12. The summed E-state index contributed by atoms with van der Waals surface area (Å²) in [5, 5.41) is 25.8. The molecule has 5 heterocycles. The molecule has 0 aliphatic carbocycles. The average Bonchev–Trinajstić information content (AvgIpc) is 3.62. The highest BCUT2D eigenvalue weighted by atomic mass is 79.9. The summed E-state index contributed by atoms with van der Waals surface area (Å²) >= 11 is 18.9. The monoisotopic (exact) mass is 1060 g/mol. The summed E-state index contributed by atoms with van der Waals surface area (Å²) in [7, 11) is 9.41. The van der Waals surface area contributed by atoms with Crippen LogP contribution in [0.4, 0.5) is 40.5 Å². The lowest BCUT2D eigenvalue weighted by atomic mass is 10.2. The Hall–Kier alpha value is -6.49. The van der Waals surface area contributed by atoms with Gasteiger partial charge in [0.1, 0.15) is 42.5 Å². The molecule has 4 N–H and O–H groups in total. The number of likely N-dealkylation sites (N-methyl/N-ethyl adjacent to an activating group) is 2. The number of aromatic nitrogens is 8. The Bertz CT molecular complexity index is 2990. The van der Waals surface area contributed by atoms with Gasteiger partial charge in [-0.2, -0.15) is 0 Å². The lowest BCUT2D eigenvalue weighted by Crippen LogP contribution is -2.39. The molecule has 2 amide bonds. The molecule has 0 radical (unpaired) electrons. The molecule has 7 rings (SSSR count). The molecule has 0 aliphatic rings. The number of nitrogens with zero attached hydrogens (tertiary/aromatic N) is 11. The molecule has 340 valence electrons. The summed E-state index contributed by atoms with van der Waals surface area (Å²) in [5.41, 5.74) is 3.35. The summed E-state index contributed by atoms with van der Waals surface area (Å²) in [6.07, 6.45) is 13.9. The molecule has 0 aliphatic heterocycles. The van der Waals surface area contributed by atoms with Crippen molar-refractivity contribution < 1.29 is 19.0 Å². The maximum atomic E-state index is 12.6. The van der Waals surface area contributed by atoms with Crippen LogP contribution >= 0.6 is 55.1 Å². The van der Waals surface area contributed by atoms with Crippen molar-refractivity contribution in [1.29, 1.82) is 0 Å². The fourth-order valence-corrected chi connectivity index (χ4v) is 7.07. The minimum Gasteiger partial charge on any atom is -0.358 e. The number of carbonyl (C=O) groups excluding carboxylic acids is 2. The van der Waals surface area contributed by atoms with Crippen LogP contribution in [0.25, 0.3) is 21.8 Å². The van der Waals surface area contributed by atoms with E-state index in [1.807, 2.05) is 57.4 Å². The molecule has 0 saturated heterocycles. The van der Waals surface area contributed by atoms with Gasteiger partial charge in [-0.15, -0.1) is 0 Å². The van der Waals surface area contributed by atoms with Crippen molar-refractivity contribution in [2.24, 2.45) is 7.05 Å². The summed E-state index contributed by atoms with van der Waals surface area (Å²) in [4.78, 5) is 66.8. The van der Waals surface area contributed by atoms with Gasteiger partial charge in [-0.3, -0.25) is 9.59 Å². The smallest absolute Gasteiger partial charge is 0.358 e. The van der Waals surface area contributed by atoms with Gasteiger partial charge >= 0.3 is 5.82 Å². The normalized spacial score (nSPS) is 11.5. The van der Waals surface area contributed by atoms with Crippen molar-refractivity contribution in [3.63, 3.8) is 0 Å². The second-order valence-electron chi connectivity index (χ2n) is 15.3.